The lowest BCUT2D eigenvalue weighted by Gasteiger charge is -2.19. The minimum absolute atomic E-state index is 0.0331. The average molecular weight is 272 g/mol. The minimum Gasteiger partial charge on any atom is -0.426 e. The number of hydrogen-bond acceptors (Lipinski definition) is 5. The van der Waals surface area contributed by atoms with E-state index in [9.17, 15) is 9.59 Å². The molecule has 1 aliphatic rings. The molecule has 0 N–H and O–H groups in total. The van der Waals surface area contributed by atoms with Gasteiger partial charge in [-0.1, -0.05) is 45.4 Å². The lowest BCUT2D eigenvalue weighted by Crippen LogP contribution is -2.34. The maximum absolute atomic E-state index is 11.6. The van der Waals surface area contributed by atoms with E-state index in [1.807, 2.05) is 0 Å². The third-order valence-corrected chi connectivity index (χ3v) is 3.07. The summed E-state index contributed by atoms with van der Waals surface area (Å²) >= 11 is 0. The van der Waals surface area contributed by atoms with Crippen LogP contribution in [-0.4, -0.2) is 24.5 Å². The van der Waals surface area contributed by atoms with Gasteiger partial charge in [-0.25, -0.2) is 4.79 Å². The monoisotopic (exact) mass is 272 g/mol. The van der Waals surface area contributed by atoms with Crippen LogP contribution in [0.15, 0.2) is 0 Å². The average Bonchev–Trinajstić information content (AvgIpc) is 2.67. The maximum atomic E-state index is 11.6. The highest BCUT2D eigenvalue weighted by atomic mass is 16.9. The Bertz CT molecular complexity index is 302. The lowest BCUT2D eigenvalue weighted by molar-refractivity contribution is -0.190. The van der Waals surface area contributed by atoms with Gasteiger partial charge in [0.05, 0.1) is 0 Å². The van der Waals surface area contributed by atoms with Gasteiger partial charge >= 0.3 is 12.1 Å². The second kappa shape index (κ2) is 8.02. The van der Waals surface area contributed by atoms with Gasteiger partial charge in [0.15, 0.2) is 6.61 Å². The number of hydrogen-bond donors (Lipinski definition) is 0. The number of carbonyl (C=O) groups excluding carboxylic acids is 2. The second-order valence-corrected chi connectivity index (χ2v) is 5.12. The Balaban J connectivity index is 2.03. The molecule has 19 heavy (non-hydrogen) atoms. The number of rotatable bonds is 9. The van der Waals surface area contributed by atoms with Crippen LogP contribution in [0.3, 0.4) is 0 Å². The van der Waals surface area contributed by atoms with Crippen LogP contribution in [0.1, 0.15) is 65.2 Å². The fourth-order valence-electron chi connectivity index (χ4n) is 1.99. The Kier molecular flexibility index (Phi) is 6.67. The fourth-order valence-corrected chi connectivity index (χ4v) is 1.99. The highest BCUT2D eigenvalue weighted by Crippen LogP contribution is 2.22. The van der Waals surface area contributed by atoms with Crippen molar-refractivity contribution in [1.29, 1.82) is 0 Å². The molecule has 0 saturated carbocycles. The molecule has 0 aliphatic carbocycles. The SMILES string of the molecule is CCCCCCCCCC(=O)OC1(C)COC(=O)O1. The van der Waals surface area contributed by atoms with Gasteiger partial charge in [-0.05, 0) is 6.42 Å². The molecule has 110 valence electrons. The zero-order chi connectivity index (χ0) is 14.1. The van der Waals surface area contributed by atoms with Gasteiger partial charge < -0.3 is 14.2 Å². The molecule has 1 fully saturated rings. The molecule has 1 aliphatic heterocycles. The molecule has 1 saturated heterocycles. The number of cyclic esters (lactones) is 2. The van der Waals surface area contributed by atoms with Crippen LogP contribution in [0.2, 0.25) is 0 Å². The van der Waals surface area contributed by atoms with Crippen molar-refractivity contribution in [3.05, 3.63) is 0 Å². The van der Waals surface area contributed by atoms with Crippen molar-refractivity contribution >= 4 is 12.1 Å². The molecule has 1 atom stereocenters. The predicted molar refractivity (Wildman–Crippen MR) is 69.5 cm³/mol. The number of ether oxygens (including phenoxy) is 3. The second-order valence-electron chi connectivity index (χ2n) is 5.12. The standard InChI is InChI=1S/C14H24O5/c1-3-4-5-6-7-8-9-10-12(15)18-14(2)11-17-13(16)19-14/h3-11H2,1-2H3. The van der Waals surface area contributed by atoms with Gasteiger partial charge in [-0.3, -0.25) is 4.79 Å². The van der Waals surface area contributed by atoms with Crippen molar-refractivity contribution in [2.45, 2.75) is 71.0 Å². The summed E-state index contributed by atoms with van der Waals surface area (Å²) < 4.78 is 14.5. The Morgan fingerprint density at radius 1 is 1.21 bits per heavy atom. The summed E-state index contributed by atoms with van der Waals surface area (Å²) in [6, 6.07) is 0. The van der Waals surface area contributed by atoms with E-state index in [4.69, 9.17) is 9.47 Å². The molecular weight excluding hydrogens is 248 g/mol. The van der Waals surface area contributed by atoms with E-state index in [-0.39, 0.29) is 12.6 Å². The molecule has 1 heterocycles. The van der Waals surface area contributed by atoms with Crippen LogP contribution in [0.4, 0.5) is 4.79 Å². The highest BCUT2D eigenvalue weighted by molar-refractivity contribution is 5.70. The first kappa shape index (κ1) is 15.8. The van der Waals surface area contributed by atoms with E-state index < -0.39 is 11.9 Å². The lowest BCUT2D eigenvalue weighted by atomic mass is 10.1. The van der Waals surface area contributed by atoms with Gasteiger partial charge in [0.25, 0.3) is 5.79 Å². The largest absolute Gasteiger partial charge is 0.511 e. The van der Waals surface area contributed by atoms with E-state index in [0.29, 0.717) is 6.42 Å². The van der Waals surface area contributed by atoms with Crippen LogP contribution in [-0.2, 0) is 19.0 Å². The summed E-state index contributed by atoms with van der Waals surface area (Å²) in [5.74, 6) is -1.58. The van der Waals surface area contributed by atoms with E-state index in [0.717, 1.165) is 19.3 Å². The molecule has 1 rings (SSSR count). The molecular formula is C14H24O5. The fraction of sp³-hybridized carbons (Fsp3) is 0.857. The Labute approximate surface area is 114 Å². The van der Waals surface area contributed by atoms with E-state index >= 15 is 0 Å². The van der Waals surface area contributed by atoms with Crippen molar-refractivity contribution in [3.63, 3.8) is 0 Å². The molecule has 0 spiro atoms. The van der Waals surface area contributed by atoms with Crippen molar-refractivity contribution in [2.75, 3.05) is 6.61 Å². The van der Waals surface area contributed by atoms with Crippen LogP contribution in [0, 0.1) is 0 Å². The summed E-state index contributed by atoms with van der Waals surface area (Å²) in [7, 11) is 0. The van der Waals surface area contributed by atoms with E-state index in [2.05, 4.69) is 11.7 Å². The molecule has 5 nitrogen and oxygen atoms in total. The third-order valence-electron chi connectivity index (χ3n) is 3.07. The van der Waals surface area contributed by atoms with Crippen LogP contribution < -0.4 is 0 Å². The molecule has 0 aromatic rings. The smallest absolute Gasteiger partial charge is 0.426 e. The van der Waals surface area contributed by atoms with E-state index in [1.54, 1.807) is 0 Å². The zero-order valence-corrected chi connectivity index (χ0v) is 11.9. The molecule has 1 unspecified atom stereocenters. The van der Waals surface area contributed by atoms with Crippen LogP contribution in [0.5, 0.6) is 0 Å². The number of unbranched alkanes of at least 4 members (excludes halogenated alkanes) is 6. The molecule has 5 heteroatoms. The van der Waals surface area contributed by atoms with Gasteiger partial charge in [-0.2, -0.15) is 0 Å². The topological polar surface area (TPSA) is 61.8 Å². The molecule has 0 radical (unpaired) electrons. The van der Waals surface area contributed by atoms with Crippen molar-refractivity contribution in [1.82, 2.24) is 0 Å². The van der Waals surface area contributed by atoms with Crippen molar-refractivity contribution in [2.24, 2.45) is 0 Å². The van der Waals surface area contributed by atoms with Gasteiger partial charge in [0, 0.05) is 13.3 Å². The summed E-state index contributed by atoms with van der Waals surface area (Å²) in [5.41, 5.74) is 0. The van der Waals surface area contributed by atoms with Gasteiger partial charge in [0.1, 0.15) is 0 Å². The minimum atomic E-state index is -1.24. The zero-order valence-electron chi connectivity index (χ0n) is 11.9. The van der Waals surface area contributed by atoms with Crippen molar-refractivity contribution < 1.29 is 23.8 Å². The number of carbonyl (C=O) groups is 2. The van der Waals surface area contributed by atoms with Gasteiger partial charge in [0.2, 0.25) is 0 Å². The first-order valence-electron chi connectivity index (χ1n) is 7.13. The third kappa shape index (κ3) is 6.45. The maximum Gasteiger partial charge on any atom is 0.511 e. The molecule has 0 bridgehead atoms. The highest BCUT2D eigenvalue weighted by Gasteiger charge is 2.41. The first-order valence-corrected chi connectivity index (χ1v) is 7.13. The molecule has 0 amide bonds. The quantitative estimate of drug-likeness (QED) is 0.474. The van der Waals surface area contributed by atoms with E-state index in [1.165, 1.54) is 32.6 Å². The predicted octanol–water partition coefficient (Wildman–Crippen LogP) is 3.55. The normalized spacial score (nSPS) is 21.9. The van der Waals surface area contributed by atoms with Crippen LogP contribution >= 0.6 is 0 Å². The number of esters is 1. The Morgan fingerprint density at radius 3 is 2.42 bits per heavy atom. The summed E-state index contributed by atoms with van der Waals surface area (Å²) in [6.45, 7) is 3.69. The molecule has 0 aromatic heterocycles. The molecule has 0 aromatic carbocycles. The Morgan fingerprint density at radius 2 is 1.84 bits per heavy atom. The summed E-state index contributed by atoms with van der Waals surface area (Å²) in [4.78, 5) is 22.4. The Hall–Kier alpha value is -1.26. The summed E-state index contributed by atoms with van der Waals surface area (Å²) in [5, 5.41) is 0. The van der Waals surface area contributed by atoms with Crippen LogP contribution in [0.25, 0.3) is 0 Å². The first-order chi connectivity index (χ1) is 9.06. The van der Waals surface area contributed by atoms with Crippen molar-refractivity contribution in [3.8, 4) is 0 Å². The summed E-state index contributed by atoms with van der Waals surface area (Å²) in [6.07, 6.45) is 7.60. The van der Waals surface area contributed by atoms with Gasteiger partial charge in [-0.15, -0.1) is 0 Å².